The second kappa shape index (κ2) is 5.89. The molecule has 116 valence electrons. The average molecular weight is 329 g/mol. The van der Waals surface area contributed by atoms with Crippen molar-refractivity contribution < 1.29 is 9.47 Å². The first-order valence-electron chi connectivity index (χ1n) is 7.72. The molecule has 0 spiro atoms. The highest BCUT2D eigenvalue weighted by molar-refractivity contribution is 6.33. The van der Waals surface area contributed by atoms with Gasteiger partial charge < -0.3 is 9.47 Å². The monoisotopic (exact) mass is 328 g/mol. The Bertz CT molecular complexity index is 528. The number of ether oxygens (including phenoxy) is 2. The lowest BCUT2D eigenvalue weighted by Gasteiger charge is -2.41. The van der Waals surface area contributed by atoms with Gasteiger partial charge in [0.25, 0.3) is 0 Å². The second-order valence-corrected chi connectivity index (χ2v) is 7.64. The van der Waals surface area contributed by atoms with Crippen molar-refractivity contribution in [2.24, 2.45) is 11.3 Å². The Morgan fingerprint density at radius 2 is 1.81 bits per heavy atom. The van der Waals surface area contributed by atoms with Gasteiger partial charge in [-0.25, -0.2) is 0 Å². The summed E-state index contributed by atoms with van der Waals surface area (Å²) in [6, 6.07) is 3.82. The van der Waals surface area contributed by atoms with Gasteiger partial charge in [-0.15, -0.1) is 11.6 Å². The van der Waals surface area contributed by atoms with Crippen LogP contribution < -0.4 is 9.47 Å². The van der Waals surface area contributed by atoms with E-state index in [1.807, 2.05) is 12.1 Å². The van der Waals surface area contributed by atoms with Gasteiger partial charge in [0.05, 0.1) is 5.38 Å². The maximum Gasteiger partial charge on any atom is 0.162 e. The topological polar surface area (TPSA) is 18.5 Å². The molecular weight excluding hydrogens is 307 g/mol. The summed E-state index contributed by atoms with van der Waals surface area (Å²) in [7, 11) is 0. The zero-order valence-corrected chi connectivity index (χ0v) is 14.1. The van der Waals surface area contributed by atoms with E-state index in [-0.39, 0.29) is 10.8 Å². The van der Waals surface area contributed by atoms with Crippen LogP contribution in [0.5, 0.6) is 11.5 Å². The second-order valence-electron chi connectivity index (χ2n) is 6.76. The number of hydrogen-bond donors (Lipinski definition) is 0. The van der Waals surface area contributed by atoms with Gasteiger partial charge in [0.2, 0.25) is 0 Å². The van der Waals surface area contributed by atoms with E-state index < -0.39 is 0 Å². The van der Waals surface area contributed by atoms with E-state index in [1.54, 1.807) is 0 Å². The fourth-order valence-corrected chi connectivity index (χ4v) is 4.55. The zero-order valence-electron chi connectivity index (χ0n) is 12.6. The lowest BCUT2D eigenvalue weighted by atomic mass is 9.66. The number of fused-ring (bicyclic) bond motifs is 1. The summed E-state index contributed by atoms with van der Waals surface area (Å²) >= 11 is 13.3. The van der Waals surface area contributed by atoms with Crippen molar-refractivity contribution in [1.82, 2.24) is 0 Å². The van der Waals surface area contributed by atoms with Crippen molar-refractivity contribution in [2.75, 3.05) is 13.2 Å². The molecule has 1 aliphatic heterocycles. The number of benzene rings is 1. The fourth-order valence-electron chi connectivity index (χ4n) is 3.57. The van der Waals surface area contributed by atoms with Gasteiger partial charge in [-0.2, -0.15) is 0 Å². The molecule has 21 heavy (non-hydrogen) atoms. The van der Waals surface area contributed by atoms with Crippen LogP contribution in [0.4, 0.5) is 0 Å². The molecule has 0 saturated heterocycles. The Kier molecular flexibility index (Phi) is 4.29. The lowest BCUT2D eigenvalue weighted by Crippen LogP contribution is -2.31. The lowest BCUT2D eigenvalue weighted by molar-refractivity contribution is 0.132. The summed E-state index contributed by atoms with van der Waals surface area (Å²) in [5.74, 6) is 1.93. The fraction of sp³-hybridized carbons (Fsp3) is 0.647. The molecule has 0 aromatic heterocycles. The molecule has 1 fully saturated rings. The van der Waals surface area contributed by atoms with Crippen molar-refractivity contribution in [2.45, 2.75) is 44.9 Å². The minimum atomic E-state index is -0.0800. The first-order valence-corrected chi connectivity index (χ1v) is 8.53. The molecule has 0 amide bonds. The van der Waals surface area contributed by atoms with Gasteiger partial charge in [0, 0.05) is 11.1 Å². The van der Waals surface area contributed by atoms with Crippen molar-refractivity contribution in [1.29, 1.82) is 0 Å². The Labute approximate surface area is 136 Å². The Morgan fingerprint density at radius 1 is 1.14 bits per heavy atom. The molecule has 1 aromatic carbocycles. The molecule has 0 N–H and O–H groups in total. The highest BCUT2D eigenvalue weighted by atomic mass is 35.5. The third-order valence-corrected chi connectivity index (χ3v) is 5.77. The maximum atomic E-state index is 6.84. The Morgan fingerprint density at radius 3 is 2.48 bits per heavy atom. The predicted molar refractivity (Wildman–Crippen MR) is 86.8 cm³/mol. The average Bonchev–Trinajstić information content (AvgIpc) is 2.45. The van der Waals surface area contributed by atoms with Gasteiger partial charge in [-0.3, -0.25) is 0 Å². The molecule has 4 heteroatoms. The standard InChI is InChI=1S/C17H22Cl2O2/c1-17(2)6-4-3-5-12(17)16(19)11-9-14-15(10-13(11)18)21-8-7-20-14/h9-10,12,16H,3-8H2,1-2H3. The van der Waals surface area contributed by atoms with Crippen molar-refractivity contribution in [3.05, 3.63) is 22.7 Å². The van der Waals surface area contributed by atoms with Crippen LogP contribution in [0.25, 0.3) is 0 Å². The first-order chi connectivity index (χ1) is 9.99. The maximum absolute atomic E-state index is 6.84. The molecule has 3 rings (SSSR count). The largest absolute Gasteiger partial charge is 0.486 e. The molecule has 0 bridgehead atoms. The number of rotatable bonds is 2. The smallest absolute Gasteiger partial charge is 0.162 e. The van der Waals surface area contributed by atoms with Crippen LogP contribution in [-0.4, -0.2) is 13.2 Å². The molecule has 1 aromatic rings. The van der Waals surface area contributed by atoms with Crippen molar-refractivity contribution >= 4 is 23.2 Å². The van der Waals surface area contributed by atoms with Crippen LogP contribution in [0.2, 0.25) is 5.02 Å². The summed E-state index contributed by atoms with van der Waals surface area (Å²) in [4.78, 5) is 0. The normalized spacial score (nSPS) is 25.4. The van der Waals surface area contributed by atoms with E-state index in [0.717, 1.165) is 23.5 Å². The minimum Gasteiger partial charge on any atom is -0.486 e. The molecule has 2 aliphatic rings. The first kappa shape index (κ1) is 15.3. The van der Waals surface area contributed by atoms with Crippen LogP contribution in [0.1, 0.15) is 50.5 Å². The third-order valence-electron chi connectivity index (χ3n) is 4.90. The van der Waals surface area contributed by atoms with Crippen LogP contribution in [0, 0.1) is 11.3 Å². The molecule has 2 atom stereocenters. The van der Waals surface area contributed by atoms with Gasteiger partial charge in [0.1, 0.15) is 13.2 Å². The highest BCUT2D eigenvalue weighted by Gasteiger charge is 2.38. The number of hydrogen-bond acceptors (Lipinski definition) is 2. The number of alkyl halides is 1. The van der Waals surface area contributed by atoms with E-state index in [0.29, 0.717) is 24.2 Å². The Hall–Kier alpha value is -0.600. The summed E-state index contributed by atoms with van der Waals surface area (Å²) in [6.07, 6.45) is 4.93. The third kappa shape index (κ3) is 2.98. The number of halogens is 2. The van der Waals surface area contributed by atoms with Gasteiger partial charge >= 0.3 is 0 Å². The molecule has 2 nitrogen and oxygen atoms in total. The predicted octanol–water partition coefficient (Wildman–Crippen LogP) is 5.61. The minimum absolute atomic E-state index is 0.0800. The summed E-state index contributed by atoms with van der Waals surface area (Å²) in [5.41, 5.74) is 1.23. The molecule has 0 radical (unpaired) electrons. The SMILES string of the molecule is CC1(C)CCCCC1C(Cl)c1cc2c(cc1Cl)OCCO2. The van der Waals surface area contributed by atoms with E-state index in [9.17, 15) is 0 Å². The molecule has 2 unspecified atom stereocenters. The van der Waals surface area contributed by atoms with Gasteiger partial charge in [-0.1, -0.05) is 38.3 Å². The van der Waals surface area contributed by atoms with E-state index in [1.165, 1.54) is 19.3 Å². The summed E-state index contributed by atoms with van der Waals surface area (Å²) in [6.45, 7) is 5.79. The molecular formula is C17H22Cl2O2. The zero-order chi connectivity index (χ0) is 15.0. The van der Waals surface area contributed by atoms with Crippen LogP contribution in [-0.2, 0) is 0 Å². The van der Waals surface area contributed by atoms with Crippen LogP contribution in [0.3, 0.4) is 0 Å². The van der Waals surface area contributed by atoms with E-state index >= 15 is 0 Å². The molecule has 1 aliphatic carbocycles. The van der Waals surface area contributed by atoms with Gasteiger partial charge in [0.15, 0.2) is 11.5 Å². The quantitative estimate of drug-likeness (QED) is 0.657. The highest BCUT2D eigenvalue weighted by Crippen LogP contribution is 2.51. The Balaban J connectivity index is 1.92. The van der Waals surface area contributed by atoms with Crippen LogP contribution in [0.15, 0.2) is 12.1 Å². The molecule has 1 heterocycles. The van der Waals surface area contributed by atoms with Crippen molar-refractivity contribution in [3.8, 4) is 11.5 Å². The van der Waals surface area contributed by atoms with E-state index in [4.69, 9.17) is 32.7 Å². The van der Waals surface area contributed by atoms with Crippen LogP contribution >= 0.6 is 23.2 Å². The van der Waals surface area contributed by atoms with E-state index in [2.05, 4.69) is 13.8 Å². The van der Waals surface area contributed by atoms with Crippen molar-refractivity contribution in [3.63, 3.8) is 0 Å². The molecule has 1 saturated carbocycles. The van der Waals surface area contributed by atoms with Gasteiger partial charge in [-0.05, 0) is 35.8 Å². The summed E-state index contributed by atoms with van der Waals surface area (Å²) < 4.78 is 11.2. The summed E-state index contributed by atoms with van der Waals surface area (Å²) in [5, 5.41) is 0.601.